The highest BCUT2D eigenvalue weighted by atomic mass is 35.5. The van der Waals surface area contributed by atoms with E-state index in [4.69, 9.17) is 31.5 Å². The van der Waals surface area contributed by atoms with Crippen LogP contribution in [0.2, 0.25) is 5.28 Å². The zero-order valence-corrected chi connectivity index (χ0v) is 20.3. The molecular weight excluding hydrogens is 444 g/mol. The third kappa shape index (κ3) is 3.64. The minimum absolute atomic E-state index is 0.0940. The standard InChI is InChI=1S/C23H33ClN6O3/c1-22(2)32-16-15(13-29-9-4-6-23(29)7-11-28(3)12-8-23)31-20(17(16)33-22)30-10-5-14-18(25)26-21(24)27-19(14)30/h5,10,15-17,20H,4,6-9,11-13H2,1-3H3,(H2,25,26,27)/t15-,16-,17-,20-/m1/s1. The first kappa shape index (κ1) is 22.0. The molecule has 2 aromatic rings. The van der Waals surface area contributed by atoms with Gasteiger partial charge in [-0.15, -0.1) is 0 Å². The Labute approximate surface area is 199 Å². The summed E-state index contributed by atoms with van der Waals surface area (Å²) < 4.78 is 21.4. The highest BCUT2D eigenvalue weighted by Crippen LogP contribution is 2.46. The van der Waals surface area contributed by atoms with E-state index in [0.29, 0.717) is 11.5 Å². The third-order valence-corrected chi connectivity index (χ3v) is 8.20. The summed E-state index contributed by atoms with van der Waals surface area (Å²) in [5.41, 5.74) is 7.02. The smallest absolute Gasteiger partial charge is 0.226 e. The van der Waals surface area contributed by atoms with Crippen molar-refractivity contribution in [3.63, 3.8) is 0 Å². The third-order valence-electron chi connectivity index (χ3n) is 8.03. The van der Waals surface area contributed by atoms with Crippen molar-refractivity contribution in [3.05, 3.63) is 17.5 Å². The van der Waals surface area contributed by atoms with E-state index in [1.807, 2.05) is 30.7 Å². The first-order valence-electron chi connectivity index (χ1n) is 12.0. The first-order chi connectivity index (χ1) is 15.7. The lowest BCUT2D eigenvalue weighted by molar-refractivity contribution is -0.199. The van der Waals surface area contributed by atoms with Crippen molar-refractivity contribution < 1.29 is 14.2 Å². The quantitative estimate of drug-likeness (QED) is 0.676. The van der Waals surface area contributed by atoms with Crippen molar-refractivity contribution in [1.29, 1.82) is 0 Å². The molecule has 6 rings (SSSR count). The van der Waals surface area contributed by atoms with Gasteiger partial charge in [0.2, 0.25) is 5.28 Å². The lowest BCUT2D eigenvalue weighted by Crippen LogP contribution is -2.54. The number of hydrogen-bond donors (Lipinski definition) is 1. The maximum atomic E-state index is 6.69. The maximum absolute atomic E-state index is 6.69. The zero-order chi connectivity index (χ0) is 23.0. The van der Waals surface area contributed by atoms with Crippen molar-refractivity contribution >= 4 is 28.5 Å². The van der Waals surface area contributed by atoms with E-state index in [9.17, 15) is 0 Å². The predicted molar refractivity (Wildman–Crippen MR) is 125 cm³/mol. The molecule has 2 N–H and O–H groups in total. The molecule has 0 bridgehead atoms. The SMILES string of the molecule is CN1CCC2(CCCN2C[C@H]2O[C@@H](n3ccc4c(N)nc(Cl)nc43)[C@@H]3OC(C)(C)O[C@@H]32)CC1. The molecule has 4 fully saturated rings. The number of piperidine rings is 1. The Hall–Kier alpha value is -1.49. The van der Waals surface area contributed by atoms with E-state index in [1.165, 1.54) is 25.7 Å². The van der Waals surface area contributed by atoms with Crippen LogP contribution >= 0.6 is 11.6 Å². The Morgan fingerprint density at radius 1 is 1.12 bits per heavy atom. The minimum atomic E-state index is -0.666. The van der Waals surface area contributed by atoms with Crippen LogP contribution in [0.1, 0.15) is 45.8 Å². The van der Waals surface area contributed by atoms with Gasteiger partial charge in [0, 0.05) is 18.3 Å². The summed E-state index contributed by atoms with van der Waals surface area (Å²) in [6, 6.07) is 1.90. The Morgan fingerprint density at radius 2 is 1.88 bits per heavy atom. The van der Waals surface area contributed by atoms with Crippen LogP contribution < -0.4 is 5.73 Å². The second kappa shape index (κ2) is 7.76. The summed E-state index contributed by atoms with van der Waals surface area (Å²) >= 11 is 6.13. The number of nitrogen functional groups attached to an aromatic ring is 1. The van der Waals surface area contributed by atoms with Gasteiger partial charge >= 0.3 is 0 Å². The molecule has 0 unspecified atom stereocenters. The minimum Gasteiger partial charge on any atom is -0.383 e. The number of rotatable bonds is 3. The van der Waals surface area contributed by atoms with E-state index >= 15 is 0 Å². The van der Waals surface area contributed by atoms with Crippen LogP contribution in [0.15, 0.2) is 12.3 Å². The van der Waals surface area contributed by atoms with Gasteiger partial charge in [-0.05, 0) is 83.9 Å². The van der Waals surface area contributed by atoms with Crippen molar-refractivity contribution in [3.8, 4) is 0 Å². The molecule has 10 heteroatoms. The summed E-state index contributed by atoms with van der Waals surface area (Å²) in [4.78, 5) is 13.6. The second-order valence-electron chi connectivity index (χ2n) is 10.5. The number of nitrogens with zero attached hydrogens (tertiary/aromatic N) is 5. The van der Waals surface area contributed by atoms with Gasteiger partial charge in [0.15, 0.2) is 12.0 Å². The van der Waals surface area contributed by atoms with E-state index < -0.39 is 5.79 Å². The van der Waals surface area contributed by atoms with E-state index in [-0.39, 0.29) is 35.4 Å². The van der Waals surface area contributed by atoms with Crippen LogP contribution in [0.4, 0.5) is 5.82 Å². The second-order valence-corrected chi connectivity index (χ2v) is 10.9. The predicted octanol–water partition coefficient (Wildman–Crippen LogP) is 2.64. The van der Waals surface area contributed by atoms with Gasteiger partial charge in [0.25, 0.3) is 0 Å². The monoisotopic (exact) mass is 476 g/mol. The summed E-state index contributed by atoms with van der Waals surface area (Å²) in [6.45, 7) is 8.21. The Balaban J connectivity index is 1.30. The lowest BCUT2D eigenvalue weighted by Gasteiger charge is -2.45. The summed E-state index contributed by atoms with van der Waals surface area (Å²) in [5.74, 6) is -0.305. The van der Waals surface area contributed by atoms with Crippen molar-refractivity contribution in [2.24, 2.45) is 0 Å². The molecular formula is C23H33ClN6O3. The van der Waals surface area contributed by atoms with E-state index in [0.717, 1.165) is 31.6 Å². The molecule has 4 saturated heterocycles. The van der Waals surface area contributed by atoms with Gasteiger partial charge in [-0.25, -0.2) is 4.98 Å². The maximum Gasteiger partial charge on any atom is 0.226 e. The van der Waals surface area contributed by atoms with Gasteiger partial charge < -0.3 is 29.4 Å². The largest absolute Gasteiger partial charge is 0.383 e. The number of nitrogens with two attached hydrogens (primary N) is 1. The van der Waals surface area contributed by atoms with Crippen LogP contribution in [-0.4, -0.2) is 87.2 Å². The molecule has 4 atom stereocenters. The number of halogens is 1. The number of aromatic nitrogens is 3. The highest BCUT2D eigenvalue weighted by molar-refractivity contribution is 6.28. The number of fused-ring (bicyclic) bond motifs is 2. The van der Waals surface area contributed by atoms with Crippen LogP contribution in [0.3, 0.4) is 0 Å². The summed E-state index contributed by atoms with van der Waals surface area (Å²) in [5, 5.41) is 0.877. The molecule has 180 valence electrons. The molecule has 33 heavy (non-hydrogen) atoms. The molecule has 0 radical (unpaired) electrons. The molecule has 9 nitrogen and oxygen atoms in total. The fourth-order valence-corrected chi connectivity index (χ4v) is 6.53. The molecule has 0 amide bonds. The van der Waals surface area contributed by atoms with Crippen molar-refractivity contribution in [1.82, 2.24) is 24.3 Å². The Kier molecular flexibility index (Phi) is 5.18. The van der Waals surface area contributed by atoms with Gasteiger partial charge in [0.1, 0.15) is 29.8 Å². The van der Waals surface area contributed by atoms with Gasteiger partial charge in [0.05, 0.1) is 5.39 Å². The normalized spacial score (nSPS) is 33.9. The van der Waals surface area contributed by atoms with Gasteiger partial charge in [-0.1, -0.05) is 0 Å². The first-order valence-corrected chi connectivity index (χ1v) is 12.4. The number of likely N-dealkylation sites (tertiary alicyclic amines) is 2. The van der Waals surface area contributed by atoms with E-state index in [2.05, 4.69) is 26.8 Å². The fraction of sp³-hybridized carbons (Fsp3) is 0.739. The molecule has 4 aliphatic rings. The lowest BCUT2D eigenvalue weighted by atomic mass is 9.85. The van der Waals surface area contributed by atoms with Crippen LogP contribution in [0.5, 0.6) is 0 Å². The molecule has 2 aromatic heterocycles. The Bertz CT molecular complexity index is 1050. The number of ether oxygens (including phenoxy) is 3. The molecule has 0 aliphatic carbocycles. The average molecular weight is 477 g/mol. The van der Waals surface area contributed by atoms with Crippen LogP contribution in [-0.2, 0) is 14.2 Å². The summed E-state index contributed by atoms with van der Waals surface area (Å²) in [7, 11) is 2.22. The van der Waals surface area contributed by atoms with Gasteiger partial charge in [-0.2, -0.15) is 4.98 Å². The molecule has 4 aliphatic heterocycles. The Morgan fingerprint density at radius 3 is 2.67 bits per heavy atom. The van der Waals surface area contributed by atoms with Crippen LogP contribution in [0, 0.1) is 0 Å². The average Bonchev–Trinajstić information content (AvgIpc) is 3.48. The van der Waals surface area contributed by atoms with E-state index in [1.54, 1.807) is 0 Å². The summed E-state index contributed by atoms with van der Waals surface area (Å²) in [6.07, 6.45) is 6.01. The number of anilines is 1. The fourth-order valence-electron chi connectivity index (χ4n) is 6.36. The molecule has 0 aromatic carbocycles. The topological polar surface area (TPSA) is 90.9 Å². The van der Waals surface area contributed by atoms with Crippen molar-refractivity contribution in [2.75, 3.05) is 39.0 Å². The van der Waals surface area contributed by atoms with Gasteiger partial charge in [-0.3, -0.25) is 4.90 Å². The molecule has 1 spiro atoms. The molecule has 6 heterocycles. The number of hydrogen-bond acceptors (Lipinski definition) is 8. The zero-order valence-electron chi connectivity index (χ0n) is 19.5. The molecule has 0 saturated carbocycles. The van der Waals surface area contributed by atoms with Crippen molar-refractivity contribution in [2.45, 2.75) is 75.4 Å². The van der Waals surface area contributed by atoms with Crippen LogP contribution in [0.25, 0.3) is 11.0 Å². The highest BCUT2D eigenvalue weighted by Gasteiger charge is 2.57.